The van der Waals surface area contributed by atoms with Crippen molar-refractivity contribution in [1.82, 2.24) is 9.97 Å². The molecular weight excluding hydrogens is 224 g/mol. The van der Waals surface area contributed by atoms with Crippen molar-refractivity contribution in [2.45, 2.75) is 58.4 Å². The molecule has 1 aliphatic carbocycles. The van der Waals surface area contributed by atoms with Gasteiger partial charge in [-0.2, -0.15) is 0 Å². The summed E-state index contributed by atoms with van der Waals surface area (Å²) >= 11 is 0. The molecule has 2 N–H and O–H groups in total. The SMILES string of the molecule is CCC(C)(C)N(C)c1nc(C2CC2)nc(N)c1C. The smallest absolute Gasteiger partial charge is 0.137 e. The van der Waals surface area contributed by atoms with Gasteiger partial charge in [-0.1, -0.05) is 6.92 Å². The van der Waals surface area contributed by atoms with Crippen LogP contribution in [0.2, 0.25) is 0 Å². The normalized spacial score (nSPS) is 15.8. The summed E-state index contributed by atoms with van der Waals surface area (Å²) in [6, 6.07) is 0. The van der Waals surface area contributed by atoms with Crippen LogP contribution in [0.25, 0.3) is 0 Å². The van der Waals surface area contributed by atoms with E-state index in [1.165, 1.54) is 12.8 Å². The van der Waals surface area contributed by atoms with Crippen molar-refractivity contribution in [2.75, 3.05) is 17.7 Å². The van der Waals surface area contributed by atoms with E-state index in [0.717, 1.165) is 23.6 Å². The first-order chi connectivity index (χ1) is 8.36. The molecule has 0 bridgehead atoms. The van der Waals surface area contributed by atoms with Gasteiger partial charge < -0.3 is 10.6 Å². The first-order valence-electron chi connectivity index (χ1n) is 6.74. The van der Waals surface area contributed by atoms with Crippen LogP contribution in [0.4, 0.5) is 11.6 Å². The summed E-state index contributed by atoms with van der Waals surface area (Å²) in [5.41, 5.74) is 7.10. The molecule has 0 radical (unpaired) electrons. The van der Waals surface area contributed by atoms with Gasteiger partial charge in [0.25, 0.3) is 0 Å². The van der Waals surface area contributed by atoms with Crippen LogP contribution in [0.3, 0.4) is 0 Å². The zero-order chi connectivity index (χ0) is 13.5. The van der Waals surface area contributed by atoms with Crippen LogP contribution in [0, 0.1) is 6.92 Å². The Morgan fingerprint density at radius 1 is 1.33 bits per heavy atom. The Balaban J connectivity index is 2.42. The second-order valence-electron chi connectivity index (χ2n) is 5.91. The van der Waals surface area contributed by atoms with Crippen molar-refractivity contribution < 1.29 is 0 Å². The lowest BCUT2D eigenvalue weighted by atomic mass is 9.99. The Hall–Kier alpha value is -1.32. The standard InChI is InChI=1S/C14H24N4/c1-6-14(3,4)18(5)13-9(2)11(15)16-12(17-13)10-7-8-10/h10H,6-8H2,1-5H3,(H2,15,16,17). The zero-order valence-corrected chi connectivity index (χ0v) is 12.1. The van der Waals surface area contributed by atoms with Gasteiger partial charge in [0.2, 0.25) is 0 Å². The van der Waals surface area contributed by atoms with E-state index in [1.807, 2.05) is 6.92 Å². The van der Waals surface area contributed by atoms with Gasteiger partial charge in [-0.05, 0) is 40.0 Å². The minimum Gasteiger partial charge on any atom is -0.383 e. The first kappa shape index (κ1) is 13.1. The van der Waals surface area contributed by atoms with E-state index in [1.54, 1.807) is 0 Å². The Labute approximate surface area is 110 Å². The van der Waals surface area contributed by atoms with Crippen LogP contribution in [-0.2, 0) is 0 Å². The van der Waals surface area contributed by atoms with Gasteiger partial charge in [-0.3, -0.25) is 0 Å². The molecule has 1 saturated carbocycles. The molecule has 2 rings (SSSR count). The molecule has 1 fully saturated rings. The van der Waals surface area contributed by atoms with E-state index < -0.39 is 0 Å². The molecule has 0 atom stereocenters. The van der Waals surface area contributed by atoms with Crippen LogP contribution in [-0.4, -0.2) is 22.6 Å². The highest BCUT2D eigenvalue weighted by atomic mass is 15.2. The van der Waals surface area contributed by atoms with Gasteiger partial charge in [-0.25, -0.2) is 9.97 Å². The van der Waals surface area contributed by atoms with E-state index in [9.17, 15) is 0 Å². The van der Waals surface area contributed by atoms with E-state index in [0.29, 0.717) is 11.7 Å². The van der Waals surface area contributed by atoms with E-state index in [2.05, 4.69) is 37.7 Å². The van der Waals surface area contributed by atoms with Crippen molar-refractivity contribution >= 4 is 11.6 Å². The van der Waals surface area contributed by atoms with Crippen LogP contribution in [0.15, 0.2) is 0 Å². The Morgan fingerprint density at radius 3 is 2.44 bits per heavy atom. The van der Waals surface area contributed by atoms with Crippen molar-refractivity contribution in [3.05, 3.63) is 11.4 Å². The third kappa shape index (κ3) is 2.28. The molecule has 18 heavy (non-hydrogen) atoms. The molecule has 1 aliphatic rings. The molecule has 1 aromatic heterocycles. The van der Waals surface area contributed by atoms with Gasteiger partial charge in [0.15, 0.2) is 0 Å². The molecule has 0 unspecified atom stereocenters. The molecule has 1 heterocycles. The highest BCUT2D eigenvalue weighted by Crippen LogP contribution is 2.40. The lowest BCUT2D eigenvalue weighted by molar-refractivity contribution is 0.466. The van der Waals surface area contributed by atoms with Crippen molar-refractivity contribution in [3.8, 4) is 0 Å². The summed E-state index contributed by atoms with van der Waals surface area (Å²) in [6.45, 7) is 8.64. The Morgan fingerprint density at radius 2 is 1.94 bits per heavy atom. The molecule has 4 nitrogen and oxygen atoms in total. The molecule has 100 valence electrons. The van der Waals surface area contributed by atoms with Crippen molar-refractivity contribution in [1.29, 1.82) is 0 Å². The van der Waals surface area contributed by atoms with E-state index in [-0.39, 0.29) is 5.54 Å². The van der Waals surface area contributed by atoms with Crippen LogP contribution >= 0.6 is 0 Å². The van der Waals surface area contributed by atoms with Crippen molar-refractivity contribution in [2.24, 2.45) is 0 Å². The molecule has 0 aliphatic heterocycles. The summed E-state index contributed by atoms with van der Waals surface area (Å²) in [4.78, 5) is 11.4. The minimum atomic E-state index is 0.0758. The summed E-state index contributed by atoms with van der Waals surface area (Å²) < 4.78 is 0. The van der Waals surface area contributed by atoms with Crippen LogP contribution < -0.4 is 10.6 Å². The number of nitrogens with zero attached hydrogens (tertiary/aromatic N) is 3. The summed E-state index contributed by atoms with van der Waals surface area (Å²) in [5.74, 6) is 3.06. The number of hydrogen-bond donors (Lipinski definition) is 1. The average molecular weight is 248 g/mol. The van der Waals surface area contributed by atoms with E-state index in [4.69, 9.17) is 10.7 Å². The second-order valence-corrected chi connectivity index (χ2v) is 5.91. The third-order valence-corrected chi connectivity index (χ3v) is 4.21. The predicted molar refractivity (Wildman–Crippen MR) is 75.9 cm³/mol. The van der Waals surface area contributed by atoms with Crippen LogP contribution in [0.5, 0.6) is 0 Å². The highest BCUT2D eigenvalue weighted by molar-refractivity contribution is 5.57. The Kier molecular flexibility index (Phi) is 3.21. The maximum Gasteiger partial charge on any atom is 0.137 e. The van der Waals surface area contributed by atoms with Crippen LogP contribution in [0.1, 0.15) is 57.3 Å². The largest absolute Gasteiger partial charge is 0.383 e. The summed E-state index contributed by atoms with van der Waals surface area (Å²) in [6.07, 6.45) is 3.46. The zero-order valence-electron chi connectivity index (χ0n) is 12.1. The molecule has 0 saturated heterocycles. The van der Waals surface area contributed by atoms with Gasteiger partial charge >= 0.3 is 0 Å². The number of hydrogen-bond acceptors (Lipinski definition) is 4. The van der Waals surface area contributed by atoms with Gasteiger partial charge in [0.1, 0.15) is 17.5 Å². The maximum absolute atomic E-state index is 6.03. The fourth-order valence-corrected chi connectivity index (χ4v) is 1.91. The molecule has 1 aromatic rings. The number of anilines is 2. The molecular formula is C14H24N4. The first-order valence-corrected chi connectivity index (χ1v) is 6.74. The molecule has 0 spiro atoms. The van der Waals surface area contributed by atoms with Gasteiger partial charge in [-0.15, -0.1) is 0 Å². The molecule has 4 heteroatoms. The predicted octanol–water partition coefficient (Wildman–Crippen LogP) is 2.87. The lowest BCUT2D eigenvalue weighted by Crippen LogP contribution is -2.41. The number of aromatic nitrogens is 2. The number of nitrogens with two attached hydrogens (primary N) is 1. The summed E-state index contributed by atoms with van der Waals surface area (Å²) in [7, 11) is 2.09. The van der Waals surface area contributed by atoms with Crippen molar-refractivity contribution in [3.63, 3.8) is 0 Å². The molecule has 0 aromatic carbocycles. The summed E-state index contributed by atoms with van der Waals surface area (Å²) in [5, 5.41) is 0. The maximum atomic E-state index is 6.03. The third-order valence-electron chi connectivity index (χ3n) is 4.21. The second kappa shape index (κ2) is 4.41. The number of nitrogen functional groups attached to an aromatic ring is 1. The quantitative estimate of drug-likeness (QED) is 0.890. The number of rotatable bonds is 4. The average Bonchev–Trinajstić information content (AvgIpc) is 3.15. The topological polar surface area (TPSA) is 55.0 Å². The minimum absolute atomic E-state index is 0.0758. The van der Waals surface area contributed by atoms with E-state index >= 15 is 0 Å². The fourth-order valence-electron chi connectivity index (χ4n) is 1.91. The Bertz CT molecular complexity index is 449. The highest BCUT2D eigenvalue weighted by Gasteiger charge is 2.30. The van der Waals surface area contributed by atoms with Gasteiger partial charge in [0, 0.05) is 24.1 Å². The fraction of sp³-hybridized carbons (Fsp3) is 0.714. The molecule has 0 amide bonds. The van der Waals surface area contributed by atoms with Gasteiger partial charge in [0.05, 0.1) is 0 Å². The monoisotopic (exact) mass is 248 g/mol. The lowest BCUT2D eigenvalue weighted by Gasteiger charge is -2.37.